The summed E-state index contributed by atoms with van der Waals surface area (Å²) in [5, 5.41) is 1.07. The van der Waals surface area contributed by atoms with Crippen molar-refractivity contribution < 1.29 is 9.53 Å². The highest BCUT2D eigenvalue weighted by Gasteiger charge is 2.29. The van der Waals surface area contributed by atoms with Gasteiger partial charge in [-0.15, -0.1) is 11.3 Å². The molecule has 0 saturated carbocycles. The van der Waals surface area contributed by atoms with Gasteiger partial charge in [0.05, 0.1) is 17.9 Å². The molecule has 0 aliphatic carbocycles. The highest BCUT2D eigenvalue weighted by molar-refractivity contribution is 7.18. The predicted octanol–water partition coefficient (Wildman–Crippen LogP) is 4.10. The fourth-order valence-corrected chi connectivity index (χ4v) is 4.58. The lowest BCUT2D eigenvalue weighted by molar-refractivity contribution is -0.148. The Labute approximate surface area is 168 Å². The first-order valence-corrected chi connectivity index (χ1v) is 10.6. The molecule has 0 spiro atoms. The Morgan fingerprint density at radius 1 is 1.36 bits per heavy atom. The Bertz CT molecular complexity index is 973. The van der Waals surface area contributed by atoms with Gasteiger partial charge in [0.2, 0.25) is 0 Å². The van der Waals surface area contributed by atoms with Crippen LogP contribution < -0.4 is 4.90 Å². The summed E-state index contributed by atoms with van der Waals surface area (Å²) in [4.78, 5) is 30.7. The lowest BCUT2D eigenvalue weighted by atomic mass is 9.98. The number of aryl methyl sites for hydroxylation is 1. The zero-order valence-corrected chi connectivity index (χ0v) is 17.0. The summed E-state index contributed by atoms with van der Waals surface area (Å²) in [5.41, 5.74) is 0.899. The third-order valence-corrected chi connectivity index (χ3v) is 6.21. The molecule has 1 atom stereocenters. The molecular formula is C21H24N4O2S. The van der Waals surface area contributed by atoms with Gasteiger partial charge in [0.15, 0.2) is 5.82 Å². The molecule has 0 amide bonds. The lowest BCUT2D eigenvalue weighted by Crippen LogP contribution is -2.40. The zero-order chi connectivity index (χ0) is 19.5. The number of anilines is 1. The second-order valence-corrected chi connectivity index (χ2v) is 8.05. The molecule has 7 heteroatoms. The van der Waals surface area contributed by atoms with Crippen molar-refractivity contribution >= 4 is 33.3 Å². The average Bonchev–Trinajstić information content (AvgIpc) is 3.17. The Balaban J connectivity index is 1.76. The number of nitrogens with zero attached hydrogens (tertiary/aromatic N) is 4. The van der Waals surface area contributed by atoms with Gasteiger partial charge in [0.1, 0.15) is 10.6 Å². The highest BCUT2D eigenvalue weighted by Crippen LogP contribution is 2.35. The van der Waals surface area contributed by atoms with Gasteiger partial charge >= 0.3 is 5.97 Å². The van der Waals surface area contributed by atoms with E-state index in [1.54, 1.807) is 23.7 Å². The predicted molar refractivity (Wildman–Crippen MR) is 112 cm³/mol. The smallest absolute Gasteiger partial charge is 0.310 e. The van der Waals surface area contributed by atoms with Crippen LogP contribution in [0.3, 0.4) is 0 Å². The van der Waals surface area contributed by atoms with Crippen molar-refractivity contribution in [1.29, 1.82) is 0 Å². The summed E-state index contributed by atoms with van der Waals surface area (Å²) in [6.07, 6.45) is 6.31. The number of piperidine rings is 1. The minimum atomic E-state index is -0.107. The number of esters is 1. The minimum absolute atomic E-state index is 0.107. The van der Waals surface area contributed by atoms with E-state index in [1.807, 2.05) is 19.1 Å². The number of pyridine rings is 1. The number of hydrogen-bond acceptors (Lipinski definition) is 7. The van der Waals surface area contributed by atoms with Crippen LogP contribution in [-0.2, 0) is 16.0 Å². The fourth-order valence-electron chi connectivity index (χ4n) is 3.62. The molecule has 4 rings (SSSR count). The van der Waals surface area contributed by atoms with E-state index in [9.17, 15) is 4.79 Å². The van der Waals surface area contributed by atoms with Gasteiger partial charge in [-0.05, 0) is 44.4 Å². The van der Waals surface area contributed by atoms with Gasteiger partial charge in [0.25, 0.3) is 0 Å². The van der Waals surface area contributed by atoms with Gasteiger partial charge in [0, 0.05) is 35.9 Å². The number of carbonyl (C=O) groups excluding carboxylic acids is 1. The van der Waals surface area contributed by atoms with Crippen molar-refractivity contribution in [3.05, 3.63) is 35.5 Å². The quantitative estimate of drug-likeness (QED) is 0.605. The molecule has 0 bridgehead atoms. The maximum atomic E-state index is 12.3. The van der Waals surface area contributed by atoms with Crippen molar-refractivity contribution in [1.82, 2.24) is 15.0 Å². The van der Waals surface area contributed by atoms with Crippen LogP contribution in [0.1, 0.15) is 31.6 Å². The van der Waals surface area contributed by atoms with E-state index in [0.29, 0.717) is 19.0 Å². The summed E-state index contributed by atoms with van der Waals surface area (Å²) in [6, 6.07) is 6.06. The largest absolute Gasteiger partial charge is 0.466 e. The molecule has 0 aromatic carbocycles. The topological polar surface area (TPSA) is 68.2 Å². The molecule has 1 saturated heterocycles. The van der Waals surface area contributed by atoms with E-state index in [-0.39, 0.29) is 11.9 Å². The molecule has 1 aliphatic rings. The molecule has 1 unspecified atom stereocenters. The van der Waals surface area contributed by atoms with Crippen LogP contribution in [0.25, 0.3) is 21.6 Å². The van der Waals surface area contributed by atoms with Gasteiger partial charge in [-0.2, -0.15) is 0 Å². The number of rotatable bonds is 5. The molecule has 4 heterocycles. The van der Waals surface area contributed by atoms with Crippen LogP contribution in [0.5, 0.6) is 0 Å². The first-order valence-electron chi connectivity index (χ1n) is 9.82. The van der Waals surface area contributed by atoms with E-state index in [2.05, 4.69) is 22.9 Å². The summed E-state index contributed by atoms with van der Waals surface area (Å²) in [7, 11) is 0. The van der Waals surface area contributed by atoms with E-state index < -0.39 is 0 Å². The summed E-state index contributed by atoms with van der Waals surface area (Å²) < 4.78 is 5.26. The second kappa shape index (κ2) is 8.22. The lowest BCUT2D eigenvalue weighted by Gasteiger charge is -2.32. The van der Waals surface area contributed by atoms with E-state index in [0.717, 1.165) is 47.4 Å². The van der Waals surface area contributed by atoms with Gasteiger partial charge in [-0.1, -0.05) is 6.92 Å². The molecule has 1 fully saturated rings. The number of thiophene rings is 1. The van der Waals surface area contributed by atoms with E-state index in [4.69, 9.17) is 14.7 Å². The monoisotopic (exact) mass is 396 g/mol. The number of fused-ring (bicyclic) bond motifs is 1. The Morgan fingerprint density at radius 3 is 3.00 bits per heavy atom. The normalized spacial score (nSPS) is 17.1. The molecule has 146 valence electrons. The second-order valence-electron chi connectivity index (χ2n) is 6.93. The van der Waals surface area contributed by atoms with Crippen molar-refractivity contribution in [3.63, 3.8) is 0 Å². The standard InChI is InChI=1S/C21H24N4O2S/c1-3-16-11-17-19(25-10-6-8-15(13-25)21(26)27-4-2)23-18(24-20(17)28-16)14-7-5-9-22-12-14/h5,7,9,11-12,15H,3-4,6,8,10,13H2,1-2H3. The van der Waals surface area contributed by atoms with Crippen LogP contribution in [0.2, 0.25) is 0 Å². The molecule has 0 radical (unpaired) electrons. The summed E-state index contributed by atoms with van der Waals surface area (Å²) in [6.45, 7) is 5.94. The maximum Gasteiger partial charge on any atom is 0.310 e. The summed E-state index contributed by atoms with van der Waals surface area (Å²) in [5.74, 6) is 1.38. The van der Waals surface area contributed by atoms with E-state index >= 15 is 0 Å². The third kappa shape index (κ3) is 3.71. The number of aromatic nitrogens is 3. The Morgan fingerprint density at radius 2 is 2.25 bits per heavy atom. The Kier molecular flexibility index (Phi) is 5.52. The van der Waals surface area contributed by atoms with Crippen LogP contribution in [0.15, 0.2) is 30.6 Å². The van der Waals surface area contributed by atoms with Crippen molar-refractivity contribution in [2.24, 2.45) is 5.92 Å². The average molecular weight is 397 g/mol. The fraction of sp³-hybridized carbons (Fsp3) is 0.429. The molecular weight excluding hydrogens is 372 g/mol. The zero-order valence-electron chi connectivity index (χ0n) is 16.2. The third-order valence-electron chi connectivity index (χ3n) is 5.03. The minimum Gasteiger partial charge on any atom is -0.466 e. The van der Waals surface area contributed by atoms with E-state index in [1.165, 1.54) is 4.88 Å². The first-order chi connectivity index (χ1) is 13.7. The Hall–Kier alpha value is -2.54. The van der Waals surface area contributed by atoms with Crippen molar-refractivity contribution in [2.75, 3.05) is 24.6 Å². The highest BCUT2D eigenvalue weighted by atomic mass is 32.1. The van der Waals surface area contributed by atoms with Crippen LogP contribution in [0.4, 0.5) is 5.82 Å². The molecule has 3 aromatic rings. The molecule has 3 aromatic heterocycles. The van der Waals surface area contributed by atoms with Gasteiger partial charge in [-0.25, -0.2) is 9.97 Å². The van der Waals surface area contributed by atoms with Crippen molar-refractivity contribution in [3.8, 4) is 11.4 Å². The van der Waals surface area contributed by atoms with Crippen LogP contribution in [-0.4, -0.2) is 40.6 Å². The molecule has 0 N–H and O–H groups in total. The SMILES string of the molecule is CCOC(=O)C1CCCN(c2nc(-c3cccnc3)nc3sc(CC)cc23)C1. The molecule has 1 aliphatic heterocycles. The number of carbonyl (C=O) groups is 1. The van der Waals surface area contributed by atoms with Crippen LogP contribution >= 0.6 is 11.3 Å². The first kappa shape index (κ1) is 18.8. The van der Waals surface area contributed by atoms with Gasteiger partial charge in [-0.3, -0.25) is 9.78 Å². The van der Waals surface area contributed by atoms with Crippen molar-refractivity contribution in [2.45, 2.75) is 33.1 Å². The maximum absolute atomic E-state index is 12.3. The summed E-state index contributed by atoms with van der Waals surface area (Å²) >= 11 is 1.71. The number of ether oxygens (including phenoxy) is 1. The van der Waals surface area contributed by atoms with Crippen LogP contribution in [0, 0.1) is 5.92 Å². The molecule has 28 heavy (non-hydrogen) atoms. The van der Waals surface area contributed by atoms with Gasteiger partial charge < -0.3 is 9.64 Å². The molecule has 6 nitrogen and oxygen atoms in total. The number of hydrogen-bond donors (Lipinski definition) is 0.